The van der Waals surface area contributed by atoms with E-state index >= 15 is 0 Å². The Labute approximate surface area is 162 Å². The molecule has 3 aromatic heterocycles. The van der Waals surface area contributed by atoms with Gasteiger partial charge in [0, 0.05) is 19.2 Å². The van der Waals surface area contributed by atoms with Crippen molar-refractivity contribution in [3.63, 3.8) is 0 Å². The fourth-order valence-corrected chi connectivity index (χ4v) is 3.42. The summed E-state index contributed by atoms with van der Waals surface area (Å²) in [5.41, 5.74) is 4.06. The Morgan fingerprint density at radius 2 is 1.86 bits per heavy atom. The number of carbonyl (C=O) groups is 1. The van der Waals surface area contributed by atoms with Gasteiger partial charge >= 0.3 is 0 Å². The molecule has 1 amide bonds. The van der Waals surface area contributed by atoms with E-state index in [0.29, 0.717) is 34.6 Å². The standard InChI is InChI=1S/C22H21N3O3/c1-13-10-17(15(3)27-13)19-11-18(20-14(2)24-28-21(20)23-19)22(26)25(4)12-16-8-6-5-7-9-16/h5-11H,12H2,1-4H3. The highest BCUT2D eigenvalue weighted by Crippen LogP contribution is 2.31. The van der Waals surface area contributed by atoms with E-state index in [4.69, 9.17) is 8.94 Å². The van der Waals surface area contributed by atoms with E-state index in [1.54, 1.807) is 18.0 Å². The largest absolute Gasteiger partial charge is 0.466 e. The van der Waals surface area contributed by atoms with Crippen LogP contribution in [0.5, 0.6) is 0 Å². The van der Waals surface area contributed by atoms with Crippen molar-refractivity contribution in [2.24, 2.45) is 0 Å². The van der Waals surface area contributed by atoms with Crippen LogP contribution in [-0.2, 0) is 6.54 Å². The summed E-state index contributed by atoms with van der Waals surface area (Å²) in [7, 11) is 1.79. The first-order valence-corrected chi connectivity index (χ1v) is 9.08. The Hall–Kier alpha value is -3.41. The van der Waals surface area contributed by atoms with Crippen molar-refractivity contribution >= 4 is 17.0 Å². The van der Waals surface area contributed by atoms with Crippen molar-refractivity contribution in [2.75, 3.05) is 7.05 Å². The van der Waals surface area contributed by atoms with E-state index in [1.165, 1.54) is 0 Å². The van der Waals surface area contributed by atoms with E-state index in [1.807, 2.05) is 57.2 Å². The number of fused-ring (bicyclic) bond motifs is 1. The first-order chi connectivity index (χ1) is 13.4. The van der Waals surface area contributed by atoms with Gasteiger partial charge < -0.3 is 13.8 Å². The lowest BCUT2D eigenvalue weighted by Crippen LogP contribution is -2.26. The van der Waals surface area contributed by atoms with Crippen LogP contribution >= 0.6 is 0 Å². The van der Waals surface area contributed by atoms with Crippen molar-refractivity contribution in [3.8, 4) is 11.3 Å². The molecule has 1 aromatic carbocycles. The number of rotatable bonds is 4. The smallest absolute Gasteiger partial charge is 0.259 e. The highest BCUT2D eigenvalue weighted by Gasteiger charge is 2.23. The van der Waals surface area contributed by atoms with Gasteiger partial charge in [-0.15, -0.1) is 0 Å². The normalized spacial score (nSPS) is 11.1. The summed E-state index contributed by atoms with van der Waals surface area (Å²) >= 11 is 0. The molecule has 0 aliphatic carbocycles. The average Bonchev–Trinajstić information content (AvgIpc) is 3.22. The summed E-state index contributed by atoms with van der Waals surface area (Å²) in [6.07, 6.45) is 0. The molecule has 0 N–H and O–H groups in total. The summed E-state index contributed by atoms with van der Waals surface area (Å²) < 4.78 is 11.0. The monoisotopic (exact) mass is 375 g/mol. The molecule has 0 aliphatic rings. The van der Waals surface area contributed by atoms with E-state index in [2.05, 4.69) is 10.1 Å². The van der Waals surface area contributed by atoms with E-state index in [9.17, 15) is 4.79 Å². The Morgan fingerprint density at radius 1 is 1.11 bits per heavy atom. The van der Waals surface area contributed by atoms with Crippen LogP contribution in [0.25, 0.3) is 22.4 Å². The summed E-state index contributed by atoms with van der Waals surface area (Å²) in [5.74, 6) is 1.43. The molecule has 0 bridgehead atoms. The van der Waals surface area contributed by atoms with Gasteiger partial charge in [0.2, 0.25) is 0 Å². The second-order valence-electron chi connectivity index (χ2n) is 6.98. The van der Waals surface area contributed by atoms with Crippen molar-refractivity contribution in [2.45, 2.75) is 27.3 Å². The van der Waals surface area contributed by atoms with Gasteiger partial charge in [0.05, 0.1) is 22.3 Å². The van der Waals surface area contributed by atoms with Gasteiger partial charge in [0.15, 0.2) is 0 Å². The number of amides is 1. The molecule has 3 heterocycles. The number of pyridine rings is 1. The lowest BCUT2D eigenvalue weighted by Gasteiger charge is -2.18. The van der Waals surface area contributed by atoms with Gasteiger partial charge in [0.1, 0.15) is 11.5 Å². The van der Waals surface area contributed by atoms with Crippen molar-refractivity contribution in [1.82, 2.24) is 15.0 Å². The molecule has 0 spiro atoms. The van der Waals surface area contributed by atoms with Crippen LogP contribution in [0.1, 0.15) is 33.1 Å². The molecular formula is C22H21N3O3. The predicted molar refractivity (Wildman–Crippen MR) is 106 cm³/mol. The third-order valence-electron chi connectivity index (χ3n) is 4.77. The Balaban J connectivity index is 1.79. The van der Waals surface area contributed by atoms with Crippen LogP contribution in [0.3, 0.4) is 0 Å². The van der Waals surface area contributed by atoms with Crippen molar-refractivity contribution in [3.05, 3.63) is 70.8 Å². The molecule has 4 rings (SSSR count). The molecular weight excluding hydrogens is 354 g/mol. The molecule has 0 saturated heterocycles. The highest BCUT2D eigenvalue weighted by molar-refractivity contribution is 6.06. The zero-order chi connectivity index (χ0) is 19.8. The zero-order valence-electron chi connectivity index (χ0n) is 16.3. The summed E-state index contributed by atoms with van der Waals surface area (Å²) in [4.78, 5) is 19.5. The van der Waals surface area contributed by atoms with E-state index < -0.39 is 0 Å². The SMILES string of the molecule is Cc1cc(-c2cc(C(=O)N(C)Cc3ccccc3)c3c(C)noc3n2)c(C)o1. The summed E-state index contributed by atoms with van der Waals surface area (Å²) in [6, 6.07) is 13.6. The minimum atomic E-state index is -0.110. The number of aryl methyl sites for hydroxylation is 3. The number of nitrogens with zero attached hydrogens (tertiary/aromatic N) is 3. The van der Waals surface area contributed by atoms with Gasteiger partial charge in [-0.2, -0.15) is 0 Å². The number of hydrogen-bond donors (Lipinski definition) is 0. The van der Waals surface area contributed by atoms with Crippen LogP contribution in [-0.4, -0.2) is 28.0 Å². The van der Waals surface area contributed by atoms with Crippen molar-refractivity contribution < 1.29 is 13.7 Å². The summed E-state index contributed by atoms with van der Waals surface area (Å²) in [5, 5.41) is 4.66. The molecule has 6 nitrogen and oxygen atoms in total. The van der Waals surface area contributed by atoms with Gasteiger partial charge in [-0.05, 0) is 38.5 Å². The minimum Gasteiger partial charge on any atom is -0.466 e. The molecule has 0 unspecified atom stereocenters. The molecule has 0 aliphatic heterocycles. The van der Waals surface area contributed by atoms with Gasteiger partial charge in [-0.3, -0.25) is 4.79 Å². The zero-order valence-corrected chi connectivity index (χ0v) is 16.3. The molecule has 4 aromatic rings. The molecule has 6 heteroatoms. The second kappa shape index (κ2) is 6.96. The van der Waals surface area contributed by atoms with Crippen LogP contribution < -0.4 is 0 Å². The highest BCUT2D eigenvalue weighted by atomic mass is 16.5. The van der Waals surface area contributed by atoms with Crippen LogP contribution in [0.4, 0.5) is 0 Å². The Morgan fingerprint density at radius 3 is 2.54 bits per heavy atom. The van der Waals surface area contributed by atoms with Gasteiger partial charge in [0.25, 0.3) is 11.6 Å². The number of aromatic nitrogens is 2. The molecule has 28 heavy (non-hydrogen) atoms. The van der Waals surface area contributed by atoms with Crippen LogP contribution in [0, 0.1) is 20.8 Å². The topological polar surface area (TPSA) is 72.4 Å². The molecule has 0 fully saturated rings. The first-order valence-electron chi connectivity index (χ1n) is 9.08. The number of furan rings is 1. The molecule has 0 radical (unpaired) electrons. The quantitative estimate of drug-likeness (QED) is 0.518. The fourth-order valence-electron chi connectivity index (χ4n) is 3.42. The third kappa shape index (κ3) is 3.17. The third-order valence-corrected chi connectivity index (χ3v) is 4.77. The lowest BCUT2D eigenvalue weighted by molar-refractivity contribution is 0.0787. The number of carbonyl (C=O) groups excluding carboxylic acids is 1. The maximum atomic E-state index is 13.3. The van der Waals surface area contributed by atoms with E-state index in [-0.39, 0.29) is 5.91 Å². The average molecular weight is 375 g/mol. The van der Waals surface area contributed by atoms with Crippen molar-refractivity contribution in [1.29, 1.82) is 0 Å². The Bertz CT molecular complexity index is 1160. The molecule has 0 saturated carbocycles. The molecule has 142 valence electrons. The number of benzene rings is 1. The van der Waals surface area contributed by atoms with Gasteiger partial charge in [-0.1, -0.05) is 35.5 Å². The fraction of sp³-hybridized carbons (Fsp3) is 0.227. The lowest BCUT2D eigenvalue weighted by atomic mass is 10.0. The van der Waals surface area contributed by atoms with Crippen LogP contribution in [0.15, 0.2) is 51.4 Å². The minimum absolute atomic E-state index is 0.110. The second-order valence-corrected chi connectivity index (χ2v) is 6.98. The van der Waals surface area contributed by atoms with Gasteiger partial charge in [-0.25, -0.2) is 4.98 Å². The summed E-state index contributed by atoms with van der Waals surface area (Å²) in [6.45, 7) is 6.08. The first kappa shape index (κ1) is 18.0. The Kier molecular flexibility index (Phi) is 4.47. The molecule has 0 atom stereocenters. The van der Waals surface area contributed by atoms with E-state index in [0.717, 1.165) is 22.6 Å². The maximum Gasteiger partial charge on any atom is 0.259 e. The predicted octanol–water partition coefficient (Wildman–Crippen LogP) is 4.68. The van der Waals surface area contributed by atoms with Crippen LogP contribution in [0.2, 0.25) is 0 Å². The maximum absolute atomic E-state index is 13.3. The number of hydrogen-bond acceptors (Lipinski definition) is 5.